The van der Waals surface area contributed by atoms with Crippen LogP contribution in [0.15, 0.2) is 23.4 Å². The summed E-state index contributed by atoms with van der Waals surface area (Å²) in [5, 5.41) is 10.2. The second-order valence-corrected chi connectivity index (χ2v) is 8.47. The normalized spacial score (nSPS) is 16.1. The minimum Gasteiger partial charge on any atom is -0.336 e. The highest BCUT2D eigenvalue weighted by molar-refractivity contribution is 8.00. The van der Waals surface area contributed by atoms with E-state index in [9.17, 15) is 13.6 Å². The highest BCUT2D eigenvalue weighted by Gasteiger charge is 2.22. The fourth-order valence-corrected chi connectivity index (χ4v) is 4.21. The number of nitrogens with zero attached hydrogens (tertiary/aromatic N) is 3. The molecule has 152 valence electrons. The third-order valence-corrected chi connectivity index (χ3v) is 6.16. The van der Waals surface area contributed by atoms with E-state index in [4.69, 9.17) is 5.84 Å². The Morgan fingerprint density at radius 1 is 1.29 bits per heavy atom. The van der Waals surface area contributed by atoms with Gasteiger partial charge in [-0.3, -0.25) is 4.79 Å². The molecule has 0 spiro atoms. The Bertz CT molecular complexity index is 802. The maximum absolute atomic E-state index is 13.7. The number of carbonyl (C=O) groups is 1. The summed E-state index contributed by atoms with van der Waals surface area (Å²) in [5.74, 6) is 5.29. The van der Waals surface area contributed by atoms with Crippen molar-refractivity contribution in [1.29, 1.82) is 0 Å². The first-order valence-corrected chi connectivity index (χ1v) is 10.4. The predicted octanol–water partition coefficient (Wildman–Crippen LogP) is 3.90. The van der Waals surface area contributed by atoms with Gasteiger partial charge in [-0.25, -0.2) is 13.5 Å². The van der Waals surface area contributed by atoms with Crippen molar-refractivity contribution in [2.24, 2.45) is 5.92 Å². The minimum atomic E-state index is -0.822. The van der Waals surface area contributed by atoms with Crippen molar-refractivity contribution in [1.82, 2.24) is 14.9 Å². The monoisotopic (exact) mass is 409 g/mol. The smallest absolute Gasteiger partial charge is 0.237 e. The van der Waals surface area contributed by atoms with Crippen LogP contribution in [0.4, 0.5) is 14.5 Å². The molecular weight excluding hydrogens is 384 g/mol. The van der Waals surface area contributed by atoms with E-state index in [1.54, 1.807) is 6.92 Å². The molecule has 1 aromatic heterocycles. The lowest BCUT2D eigenvalue weighted by atomic mass is 9.86. The number of nitrogen functional groups attached to an aromatic ring is 1. The number of nitrogens with two attached hydrogens (primary N) is 1. The molecule has 3 rings (SSSR count). The van der Waals surface area contributed by atoms with E-state index < -0.39 is 28.5 Å². The molecule has 0 bridgehead atoms. The molecule has 1 heterocycles. The summed E-state index contributed by atoms with van der Waals surface area (Å²) in [6.45, 7) is 1.62. The molecule has 9 heteroatoms. The molecule has 1 fully saturated rings. The van der Waals surface area contributed by atoms with Crippen LogP contribution in [0.2, 0.25) is 0 Å². The van der Waals surface area contributed by atoms with E-state index in [1.165, 1.54) is 42.8 Å². The lowest BCUT2D eigenvalue weighted by Crippen LogP contribution is -2.25. The molecule has 2 aromatic rings. The number of benzene rings is 1. The number of anilines is 1. The van der Waals surface area contributed by atoms with Crippen molar-refractivity contribution in [3.05, 3.63) is 35.7 Å². The third kappa shape index (κ3) is 5.01. The number of rotatable bonds is 7. The van der Waals surface area contributed by atoms with Crippen molar-refractivity contribution >= 4 is 23.4 Å². The van der Waals surface area contributed by atoms with Crippen LogP contribution in [0.3, 0.4) is 0 Å². The standard InChI is InChI=1S/C19H25F2N5OS/c1-12(18(27)23-17-14(20)8-5-9-15(17)21)28-19-25-24-16(26(19)22)11-10-13-6-3-2-4-7-13/h5,8-9,12-13H,2-4,6-7,10-11,22H2,1H3,(H,23,27)/t12-/m1/s1. The zero-order valence-electron chi connectivity index (χ0n) is 15.8. The summed E-state index contributed by atoms with van der Waals surface area (Å²) in [6, 6.07) is 3.42. The Labute approximate surface area is 167 Å². The zero-order valence-corrected chi connectivity index (χ0v) is 16.6. The average molecular weight is 410 g/mol. The molecule has 28 heavy (non-hydrogen) atoms. The van der Waals surface area contributed by atoms with E-state index in [-0.39, 0.29) is 0 Å². The van der Waals surface area contributed by atoms with Crippen molar-refractivity contribution in [3.63, 3.8) is 0 Å². The predicted molar refractivity (Wildman–Crippen MR) is 105 cm³/mol. The largest absolute Gasteiger partial charge is 0.336 e. The van der Waals surface area contributed by atoms with Crippen LogP contribution in [0.1, 0.15) is 51.3 Å². The van der Waals surface area contributed by atoms with Crippen LogP contribution in [0.25, 0.3) is 0 Å². The van der Waals surface area contributed by atoms with Crippen molar-refractivity contribution < 1.29 is 13.6 Å². The Morgan fingerprint density at radius 2 is 1.96 bits per heavy atom. The van der Waals surface area contributed by atoms with Gasteiger partial charge in [-0.15, -0.1) is 10.2 Å². The number of nitrogens with one attached hydrogen (secondary N) is 1. The first-order valence-electron chi connectivity index (χ1n) is 9.56. The van der Waals surface area contributed by atoms with Gasteiger partial charge in [0.25, 0.3) is 0 Å². The summed E-state index contributed by atoms with van der Waals surface area (Å²) in [6.07, 6.45) is 8.18. The van der Waals surface area contributed by atoms with E-state index in [1.807, 2.05) is 0 Å². The molecule has 1 aliphatic rings. The molecule has 1 aromatic carbocycles. The van der Waals surface area contributed by atoms with Crippen molar-refractivity contribution in [3.8, 4) is 0 Å². The average Bonchev–Trinajstić information content (AvgIpc) is 3.03. The Balaban J connectivity index is 1.57. The molecular formula is C19H25F2N5OS. The van der Waals surface area contributed by atoms with Gasteiger partial charge in [-0.2, -0.15) is 0 Å². The third-order valence-electron chi connectivity index (χ3n) is 5.10. The van der Waals surface area contributed by atoms with Gasteiger partial charge >= 0.3 is 0 Å². The van der Waals surface area contributed by atoms with Crippen molar-refractivity contribution in [2.75, 3.05) is 11.2 Å². The number of para-hydroxylation sites is 1. The van der Waals surface area contributed by atoms with Crippen LogP contribution in [-0.2, 0) is 11.2 Å². The quantitative estimate of drug-likeness (QED) is 0.535. The van der Waals surface area contributed by atoms with Gasteiger partial charge in [0.15, 0.2) is 5.82 Å². The molecule has 0 unspecified atom stereocenters. The molecule has 1 saturated carbocycles. The highest BCUT2D eigenvalue weighted by atomic mass is 32.2. The van der Waals surface area contributed by atoms with E-state index in [0.29, 0.717) is 16.9 Å². The van der Waals surface area contributed by atoms with Gasteiger partial charge in [0.1, 0.15) is 17.3 Å². The molecule has 6 nitrogen and oxygen atoms in total. The zero-order chi connectivity index (χ0) is 20.1. The maximum Gasteiger partial charge on any atom is 0.237 e. The molecule has 1 aliphatic carbocycles. The van der Waals surface area contributed by atoms with Gasteiger partial charge in [0, 0.05) is 6.42 Å². The lowest BCUT2D eigenvalue weighted by Gasteiger charge is -2.20. The summed E-state index contributed by atoms with van der Waals surface area (Å²) in [5.41, 5.74) is -0.456. The summed E-state index contributed by atoms with van der Waals surface area (Å²) in [4.78, 5) is 12.3. The van der Waals surface area contributed by atoms with Crippen LogP contribution in [-0.4, -0.2) is 26.0 Å². The number of amides is 1. The first-order chi connectivity index (χ1) is 13.5. The number of aromatic nitrogens is 3. The second-order valence-electron chi connectivity index (χ2n) is 7.16. The summed E-state index contributed by atoms with van der Waals surface area (Å²) in [7, 11) is 0. The van der Waals surface area contributed by atoms with Gasteiger partial charge in [0.05, 0.1) is 5.25 Å². The first kappa shape index (κ1) is 20.6. The van der Waals surface area contributed by atoms with Gasteiger partial charge in [0.2, 0.25) is 11.1 Å². The van der Waals surface area contributed by atoms with Gasteiger partial charge in [-0.1, -0.05) is 49.9 Å². The van der Waals surface area contributed by atoms with Gasteiger partial charge in [-0.05, 0) is 31.4 Å². The molecule has 1 amide bonds. The molecule has 0 radical (unpaired) electrons. The number of carbonyl (C=O) groups excluding carboxylic acids is 1. The number of hydrogen-bond donors (Lipinski definition) is 2. The van der Waals surface area contributed by atoms with Gasteiger partial charge < -0.3 is 11.2 Å². The summed E-state index contributed by atoms with van der Waals surface area (Å²) >= 11 is 1.10. The van der Waals surface area contributed by atoms with E-state index in [0.717, 1.165) is 36.7 Å². The number of thioether (sulfide) groups is 1. The van der Waals surface area contributed by atoms with Crippen LogP contribution in [0.5, 0.6) is 0 Å². The van der Waals surface area contributed by atoms with Crippen LogP contribution < -0.4 is 11.2 Å². The maximum atomic E-state index is 13.7. The van der Waals surface area contributed by atoms with Crippen LogP contribution in [0, 0.1) is 17.6 Å². The lowest BCUT2D eigenvalue weighted by molar-refractivity contribution is -0.115. The SMILES string of the molecule is C[C@@H](Sc1nnc(CCC2CCCCC2)n1N)C(=O)Nc1c(F)cccc1F. The Kier molecular flexibility index (Phi) is 6.88. The van der Waals surface area contributed by atoms with Crippen LogP contribution >= 0.6 is 11.8 Å². The fraction of sp³-hybridized carbons (Fsp3) is 0.526. The topological polar surface area (TPSA) is 85.8 Å². The molecule has 3 N–H and O–H groups in total. The summed E-state index contributed by atoms with van der Waals surface area (Å²) < 4.78 is 28.8. The van der Waals surface area contributed by atoms with E-state index >= 15 is 0 Å². The molecule has 1 atom stereocenters. The Hall–Kier alpha value is -2.16. The number of aryl methyl sites for hydroxylation is 1. The van der Waals surface area contributed by atoms with E-state index in [2.05, 4.69) is 15.5 Å². The molecule has 0 aliphatic heterocycles. The highest BCUT2D eigenvalue weighted by Crippen LogP contribution is 2.28. The second kappa shape index (κ2) is 9.36. The van der Waals surface area contributed by atoms with Crippen molar-refractivity contribution in [2.45, 2.75) is 62.3 Å². The fourth-order valence-electron chi connectivity index (χ4n) is 3.42. The Morgan fingerprint density at radius 3 is 2.64 bits per heavy atom. The molecule has 0 saturated heterocycles. The number of hydrogen-bond acceptors (Lipinski definition) is 5. The number of halogens is 2. The minimum absolute atomic E-state index is 0.398.